The molecule has 28 heavy (non-hydrogen) atoms. The van der Waals surface area contributed by atoms with E-state index in [1.165, 1.54) is 13.2 Å². The molecule has 1 heterocycles. The lowest BCUT2D eigenvalue weighted by atomic mass is 10.1. The zero-order chi connectivity index (χ0) is 21.1. The number of carboxylic acids is 2. The van der Waals surface area contributed by atoms with Crippen LogP contribution in [0.15, 0.2) is 29.2 Å². The molecule has 0 spiro atoms. The second kappa shape index (κ2) is 8.06. The summed E-state index contributed by atoms with van der Waals surface area (Å²) in [6.07, 6.45) is 0. The summed E-state index contributed by atoms with van der Waals surface area (Å²) in [5, 5.41) is 20.0. The molecule has 2 aromatic rings. The van der Waals surface area contributed by atoms with Crippen LogP contribution < -0.4 is 14.8 Å². The van der Waals surface area contributed by atoms with E-state index in [9.17, 15) is 22.8 Å². The fourth-order valence-corrected chi connectivity index (χ4v) is 3.22. The molecule has 0 aliphatic carbocycles. The third kappa shape index (κ3) is 4.83. The van der Waals surface area contributed by atoms with E-state index in [1.54, 1.807) is 4.72 Å². The molecule has 1 aromatic carbocycles. The number of urea groups is 1. The topological polar surface area (TPSA) is 185 Å². The van der Waals surface area contributed by atoms with Gasteiger partial charge in [0.25, 0.3) is 10.0 Å². The van der Waals surface area contributed by atoms with E-state index >= 15 is 0 Å². The van der Waals surface area contributed by atoms with E-state index in [0.717, 1.165) is 12.1 Å². The molecular weight excluding hydrogens is 420 g/mol. The number of hydrogen-bond acceptors (Lipinski definition) is 8. The first kappa shape index (κ1) is 20.9. The Balaban J connectivity index is 2.34. The number of benzene rings is 1. The summed E-state index contributed by atoms with van der Waals surface area (Å²) in [5.74, 6) is -3.53. The molecule has 0 saturated carbocycles. The lowest BCUT2D eigenvalue weighted by molar-refractivity contribution is 0.0678. The summed E-state index contributed by atoms with van der Waals surface area (Å²) in [5.41, 5.74) is -1.22. The van der Waals surface area contributed by atoms with Crippen molar-refractivity contribution < 1.29 is 37.8 Å². The van der Waals surface area contributed by atoms with Crippen LogP contribution >= 0.6 is 11.6 Å². The normalized spacial score (nSPS) is 10.8. The number of methoxy groups -OCH3 is 1. The number of aromatic carboxylic acids is 2. The van der Waals surface area contributed by atoms with E-state index < -0.39 is 50.0 Å². The predicted octanol–water partition coefficient (Wildman–Crippen LogP) is 1.05. The maximum absolute atomic E-state index is 12.4. The van der Waals surface area contributed by atoms with Gasteiger partial charge in [-0.15, -0.1) is 0 Å². The highest BCUT2D eigenvalue weighted by atomic mass is 35.5. The van der Waals surface area contributed by atoms with Crippen LogP contribution in [0.25, 0.3) is 0 Å². The predicted molar refractivity (Wildman–Crippen MR) is 93.3 cm³/mol. The van der Waals surface area contributed by atoms with E-state index in [4.69, 9.17) is 26.6 Å². The van der Waals surface area contributed by atoms with Crippen LogP contribution in [0.3, 0.4) is 0 Å². The molecule has 0 aliphatic heterocycles. The first-order chi connectivity index (χ1) is 13.0. The number of aromatic nitrogens is 2. The van der Waals surface area contributed by atoms with Gasteiger partial charge in [0.2, 0.25) is 11.8 Å². The third-order valence-electron chi connectivity index (χ3n) is 3.08. The second-order valence-corrected chi connectivity index (χ2v) is 6.98. The summed E-state index contributed by atoms with van der Waals surface area (Å²) in [7, 11) is -3.49. The molecule has 0 fully saturated rings. The number of halogens is 1. The smallest absolute Gasteiger partial charge is 0.337 e. The van der Waals surface area contributed by atoms with Gasteiger partial charge < -0.3 is 14.9 Å². The number of nitrogens with zero attached hydrogens (tertiary/aromatic N) is 2. The number of sulfonamides is 1. The molecule has 4 N–H and O–H groups in total. The van der Waals surface area contributed by atoms with Crippen molar-refractivity contribution in [3.8, 4) is 5.88 Å². The van der Waals surface area contributed by atoms with E-state index in [2.05, 4.69) is 9.97 Å². The second-order valence-electron chi connectivity index (χ2n) is 4.94. The van der Waals surface area contributed by atoms with Gasteiger partial charge in [-0.05, 0) is 18.2 Å². The van der Waals surface area contributed by atoms with Crippen LogP contribution in [0.1, 0.15) is 20.7 Å². The largest absolute Gasteiger partial charge is 0.481 e. The number of anilines is 1. The average molecular weight is 431 g/mol. The lowest BCUT2D eigenvalue weighted by Crippen LogP contribution is -2.35. The number of amides is 2. The SMILES string of the molecule is COc1cc(Cl)nc(NC(=O)NS(=O)(=O)c2cc(C(=O)O)ccc2C(=O)O)n1. The zero-order valence-corrected chi connectivity index (χ0v) is 15.4. The highest BCUT2D eigenvalue weighted by Crippen LogP contribution is 2.19. The molecule has 0 aliphatic rings. The van der Waals surface area contributed by atoms with Gasteiger partial charge in [-0.2, -0.15) is 4.98 Å². The van der Waals surface area contributed by atoms with Crippen LogP contribution in [0, 0.1) is 0 Å². The standard InChI is InChI=1S/C14H11ClN4O8S/c1-27-10-5-9(15)16-13(17-10)18-14(24)19-28(25,26)8-4-6(11(20)21)2-3-7(8)12(22)23/h2-5H,1H3,(H,20,21)(H,22,23)(H2,16,17,18,19,24). The maximum atomic E-state index is 12.4. The van der Waals surface area contributed by atoms with Crippen molar-refractivity contribution in [1.82, 2.24) is 14.7 Å². The van der Waals surface area contributed by atoms with Gasteiger partial charge in [-0.25, -0.2) is 32.5 Å². The lowest BCUT2D eigenvalue weighted by Gasteiger charge is -2.11. The number of hydrogen-bond donors (Lipinski definition) is 4. The minimum Gasteiger partial charge on any atom is -0.481 e. The molecule has 1 aromatic heterocycles. The summed E-state index contributed by atoms with van der Waals surface area (Å²) in [6, 6.07) is 2.21. The van der Waals surface area contributed by atoms with E-state index in [-0.39, 0.29) is 11.0 Å². The molecule has 2 amide bonds. The summed E-state index contributed by atoms with van der Waals surface area (Å²) in [4.78, 5) is 40.7. The molecule has 0 radical (unpaired) electrons. The molecule has 0 bridgehead atoms. The quantitative estimate of drug-likeness (QED) is 0.482. The fraction of sp³-hybridized carbons (Fsp3) is 0.0714. The Labute approximate surface area is 162 Å². The van der Waals surface area contributed by atoms with Crippen LogP contribution in [0.5, 0.6) is 5.88 Å². The Morgan fingerprint density at radius 1 is 1.11 bits per heavy atom. The first-order valence-corrected chi connectivity index (χ1v) is 8.92. The van der Waals surface area contributed by atoms with Gasteiger partial charge >= 0.3 is 18.0 Å². The van der Waals surface area contributed by atoms with Crippen molar-refractivity contribution in [3.05, 3.63) is 40.5 Å². The number of carbonyl (C=O) groups excluding carboxylic acids is 1. The highest BCUT2D eigenvalue weighted by molar-refractivity contribution is 7.90. The Hall–Kier alpha value is -3.45. The van der Waals surface area contributed by atoms with Crippen molar-refractivity contribution in [2.24, 2.45) is 0 Å². The summed E-state index contributed by atoms with van der Waals surface area (Å²) < 4.78 is 31.2. The third-order valence-corrected chi connectivity index (χ3v) is 4.65. The Morgan fingerprint density at radius 3 is 2.36 bits per heavy atom. The molecule has 14 heteroatoms. The molecule has 0 atom stereocenters. The minimum absolute atomic E-state index is 0.0134. The monoisotopic (exact) mass is 430 g/mol. The Morgan fingerprint density at radius 2 is 1.79 bits per heavy atom. The van der Waals surface area contributed by atoms with Crippen LogP contribution in [-0.4, -0.2) is 53.7 Å². The first-order valence-electron chi connectivity index (χ1n) is 7.06. The van der Waals surface area contributed by atoms with Gasteiger partial charge in [0, 0.05) is 6.07 Å². The summed E-state index contributed by atoms with van der Waals surface area (Å²) in [6.45, 7) is 0. The van der Waals surface area contributed by atoms with Crippen LogP contribution in [0.2, 0.25) is 5.15 Å². The zero-order valence-electron chi connectivity index (χ0n) is 13.8. The van der Waals surface area contributed by atoms with E-state index in [1.807, 2.05) is 5.32 Å². The van der Waals surface area contributed by atoms with E-state index in [0.29, 0.717) is 6.07 Å². The molecule has 2 rings (SSSR count). The van der Waals surface area contributed by atoms with Crippen molar-refractivity contribution >= 4 is 45.5 Å². The van der Waals surface area contributed by atoms with Crippen molar-refractivity contribution in [2.45, 2.75) is 4.90 Å². The van der Waals surface area contributed by atoms with Gasteiger partial charge in [-0.1, -0.05) is 11.6 Å². The minimum atomic E-state index is -4.76. The molecule has 148 valence electrons. The molecule has 12 nitrogen and oxygen atoms in total. The van der Waals surface area contributed by atoms with Gasteiger partial charge in [0.05, 0.1) is 18.2 Å². The Bertz CT molecular complexity index is 1070. The number of rotatable bonds is 6. The Kier molecular flexibility index (Phi) is 6.00. The number of nitrogens with one attached hydrogen (secondary N) is 2. The molecule has 0 saturated heterocycles. The summed E-state index contributed by atoms with van der Waals surface area (Å²) >= 11 is 5.70. The van der Waals surface area contributed by atoms with Gasteiger partial charge in [-0.3, -0.25) is 5.32 Å². The average Bonchev–Trinajstić information content (AvgIpc) is 2.59. The maximum Gasteiger partial charge on any atom is 0.337 e. The molecule has 0 unspecified atom stereocenters. The molecular formula is C14H11ClN4O8S. The van der Waals surface area contributed by atoms with Crippen molar-refractivity contribution in [1.29, 1.82) is 0 Å². The van der Waals surface area contributed by atoms with Gasteiger partial charge in [0.1, 0.15) is 10.0 Å². The van der Waals surface area contributed by atoms with Crippen LogP contribution in [-0.2, 0) is 10.0 Å². The number of ether oxygens (including phenoxy) is 1. The van der Waals surface area contributed by atoms with Crippen molar-refractivity contribution in [2.75, 3.05) is 12.4 Å². The van der Waals surface area contributed by atoms with Crippen LogP contribution in [0.4, 0.5) is 10.7 Å². The number of carboxylic acid groups (broad SMARTS) is 2. The fourth-order valence-electron chi connectivity index (χ4n) is 1.92. The van der Waals surface area contributed by atoms with Gasteiger partial charge in [0.15, 0.2) is 0 Å². The van der Waals surface area contributed by atoms with Crippen molar-refractivity contribution in [3.63, 3.8) is 0 Å². The highest BCUT2D eigenvalue weighted by Gasteiger charge is 2.26. The number of carbonyl (C=O) groups is 3.